The van der Waals surface area contributed by atoms with E-state index < -0.39 is 16.4 Å². The number of nitriles is 1. The van der Waals surface area contributed by atoms with Crippen LogP contribution in [0.3, 0.4) is 0 Å². The van der Waals surface area contributed by atoms with Crippen molar-refractivity contribution in [3.8, 4) is 6.07 Å². The number of hydrogen-bond acceptors (Lipinski definition) is 4. The molecule has 2 aliphatic rings. The molecular weight excluding hydrogens is 252 g/mol. The van der Waals surface area contributed by atoms with E-state index in [1.165, 1.54) is 0 Å². The summed E-state index contributed by atoms with van der Waals surface area (Å²) in [6, 6.07) is 10.5. The summed E-state index contributed by atoms with van der Waals surface area (Å²) in [6.07, 6.45) is 0. The number of aliphatic imine (C=N–C) groups is 1. The normalized spacial score (nSPS) is 33.0. The Bertz CT molecular complexity index is 644. The van der Waals surface area contributed by atoms with Gasteiger partial charge < -0.3 is 9.47 Å². The van der Waals surface area contributed by atoms with Crippen molar-refractivity contribution in [1.29, 1.82) is 5.26 Å². The van der Waals surface area contributed by atoms with Crippen LogP contribution in [0.5, 0.6) is 0 Å². The fraction of sp³-hybridized carbons (Fsp3) is 0.500. The Hall–Kier alpha value is -1.86. The Labute approximate surface area is 119 Å². The Morgan fingerprint density at radius 1 is 1.25 bits per heavy atom. The fourth-order valence-corrected chi connectivity index (χ4v) is 4.07. The largest absolute Gasteiger partial charge is 0.483 e. The minimum atomic E-state index is -0.865. The molecule has 0 unspecified atom stereocenters. The molecule has 1 aliphatic heterocycles. The van der Waals surface area contributed by atoms with Crippen LogP contribution in [0.2, 0.25) is 0 Å². The zero-order chi connectivity index (χ0) is 14.6. The average molecular weight is 270 g/mol. The summed E-state index contributed by atoms with van der Waals surface area (Å²) in [7, 11) is 3.24. The summed E-state index contributed by atoms with van der Waals surface area (Å²) >= 11 is 0. The molecule has 0 bridgehead atoms. The fourth-order valence-electron chi connectivity index (χ4n) is 4.07. The standard InChI is InChI=1S/C16H18N2O2/c1-14(2)15(10-17)13(19-3)18-9-11-7-5-6-8-12(11)16(14,15)20-4/h5-8H,9H2,1-4H3/t15-,16+/m0/s1. The molecule has 1 aromatic carbocycles. The molecule has 1 fully saturated rings. The van der Waals surface area contributed by atoms with Crippen LogP contribution in [-0.2, 0) is 21.6 Å². The van der Waals surface area contributed by atoms with E-state index in [9.17, 15) is 5.26 Å². The van der Waals surface area contributed by atoms with Gasteiger partial charge in [0.2, 0.25) is 5.90 Å². The third-order valence-corrected chi connectivity index (χ3v) is 5.06. The number of rotatable bonds is 1. The van der Waals surface area contributed by atoms with Gasteiger partial charge in [-0.3, -0.25) is 0 Å². The van der Waals surface area contributed by atoms with Crippen molar-refractivity contribution < 1.29 is 9.47 Å². The minimum Gasteiger partial charge on any atom is -0.483 e. The van der Waals surface area contributed by atoms with Crippen LogP contribution in [0.25, 0.3) is 0 Å². The molecule has 20 heavy (non-hydrogen) atoms. The number of ether oxygens (including phenoxy) is 2. The molecular formula is C16H18N2O2. The van der Waals surface area contributed by atoms with Gasteiger partial charge in [0.25, 0.3) is 0 Å². The molecule has 4 heteroatoms. The van der Waals surface area contributed by atoms with Gasteiger partial charge in [0, 0.05) is 12.5 Å². The SMILES string of the molecule is COC1=NCc2ccccc2[C@@]2(OC)C(C)(C)[C@]12C#N. The van der Waals surface area contributed by atoms with Crippen molar-refractivity contribution in [2.45, 2.75) is 26.0 Å². The Kier molecular flexibility index (Phi) is 2.52. The van der Waals surface area contributed by atoms with Gasteiger partial charge in [-0.2, -0.15) is 5.26 Å². The van der Waals surface area contributed by atoms with E-state index in [1.54, 1.807) is 14.2 Å². The summed E-state index contributed by atoms with van der Waals surface area (Å²) in [5, 5.41) is 9.89. The first-order valence-electron chi connectivity index (χ1n) is 6.67. The second-order valence-electron chi connectivity index (χ2n) is 5.85. The maximum atomic E-state index is 9.89. The molecule has 1 aromatic rings. The summed E-state index contributed by atoms with van der Waals surface area (Å²) in [5.74, 6) is 0.475. The van der Waals surface area contributed by atoms with Gasteiger partial charge in [-0.15, -0.1) is 0 Å². The van der Waals surface area contributed by atoms with Crippen molar-refractivity contribution in [3.63, 3.8) is 0 Å². The van der Waals surface area contributed by atoms with Gasteiger partial charge in [0.05, 0.1) is 19.7 Å². The second-order valence-corrected chi connectivity index (χ2v) is 5.85. The third kappa shape index (κ3) is 1.06. The highest BCUT2D eigenvalue weighted by Crippen LogP contribution is 2.79. The molecule has 0 N–H and O–H groups in total. The number of nitrogens with zero attached hydrogens (tertiary/aromatic N) is 2. The van der Waals surface area contributed by atoms with Crippen molar-refractivity contribution in [2.75, 3.05) is 14.2 Å². The monoisotopic (exact) mass is 270 g/mol. The average Bonchev–Trinajstić information content (AvgIpc) is 2.96. The van der Waals surface area contributed by atoms with Gasteiger partial charge >= 0.3 is 0 Å². The quantitative estimate of drug-likeness (QED) is 0.788. The van der Waals surface area contributed by atoms with E-state index in [1.807, 2.05) is 38.1 Å². The predicted octanol–water partition coefficient (Wildman–Crippen LogP) is 2.64. The maximum Gasteiger partial charge on any atom is 0.208 e. The highest BCUT2D eigenvalue weighted by molar-refractivity contribution is 5.94. The smallest absolute Gasteiger partial charge is 0.208 e. The predicted molar refractivity (Wildman–Crippen MR) is 75.1 cm³/mol. The van der Waals surface area contributed by atoms with Crippen LogP contribution in [0.4, 0.5) is 0 Å². The molecule has 0 amide bonds. The third-order valence-electron chi connectivity index (χ3n) is 5.06. The molecule has 0 saturated heterocycles. The number of hydrogen-bond donors (Lipinski definition) is 0. The van der Waals surface area contributed by atoms with Gasteiger partial charge in [0.15, 0.2) is 5.41 Å². The summed E-state index contributed by atoms with van der Waals surface area (Å²) in [5.41, 5.74) is 0.179. The molecule has 3 rings (SSSR count). The highest BCUT2D eigenvalue weighted by atomic mass is 16.5. The Morgan fingerprint density at radius 2 is 1.95 bits per heavy atom. The topological polar surface area (TPSA) is 54.6 Å². The number of methoxy groups -OCH3 is 2. The second kappa shape index (κ2) is 3.83. The van der Waals surface area contributed by atoms with Crippen LogP contribution < -0.4 is 0 Å². The van der Waals surface area contributed by atoms with Gasteiger partial charge in [-0.25, -0.2) is 4.99 Å². The summed E-state index contributed by atoms with van der Waals surface area (Å²) < 4.78 is 11.4. The molecule has 0 radical (unpaired) electrons. The maximum absolute atomic E-state index is 9.89. The molecule has 4 nitrogen and oxygen atoms in total. The zero-order valence-electron chi connectivity index (χ0n) is 12.2. The van der Waals surface area contributed by atoms with Gasteiger partial charge in [-0.1, -0.05) is 38.1 Å². The first-order chi connectivity index (χ1) is 9.53. The molecule has 104 valence electrons. The van der Waals surface area contributed by atoms with Gasteiger partial charge in [-0.05, 0) is 11.1 Å². The van der Waals surface area contributed by atoms with Crippen molar-refractivity contribution >= 4 is 5.90 Å². The first-order valence-corrected chi connectivity index (χ1v) is 6.67. The minimum absolute atomic E-state index is 0.394. The molecule has 1 saturated carbocycles. The van der Waals surface area contributed by atoms with Gasteiger partial charge in [0.1, 0.15) is 5.60 Å². The molecule has 1 aliphatic carbocycles. The summed E-state index contributed by atoms with van der Waals surface area (Å²) in [4.78, 5) is 4.53. The van der Waals surface area contributed by atoms with Crippen LogP contribution in [0.15, 0.2) is 29.3 Å². The molecule has 1 heterocycles. The summed E-state index contributed by atoms with van der Waals surface area (Å²) in [6.45, 7) is 4.59. The Morgan fingerprint density at radius 3 is 2.55 bits per heavy atom. The first kappa shape index (κ1) is 13.1. The van der Waals surface area contributed by atoms with Crippen LogP contribution in [0, 0.1) is 22.2 Å². The lowest BCUT2D eigenvalue weighted by Gasteiger charge is -2.21. The lowest BCUT2D eigenvalue weighted by molar-refractivity contribution is 0.0360. The molecule has 2 atom stereocenters. The Balaban J connectivity index is 2.36. The van der Waals surface area contributed by atoms with Crippen LogP contribution in [-0.4, -0.2) is 20.1 Å². The lowest BCUT2D eigenvalue weighted by Crippen LogP contribution is -2.27. The van der Waals surface area contributed by atoms with Crippen molar-refractivity contribution in [3.05, 3.63) is 35.4 Å². The van der Waals surface area contributed by atoms with Crippen molar-refractivity contribution in [1.82, 2.24) is 0 Å². The van der Waals surface area contributed by atoms with E-state index >= 15 is 0 Å². The van der Waals surface area contributed by atoms with E-state index in [0.29, 0.717) is 12.4 Å². The molecule has 0 aromatic heterocycles. The van der Waals surface area contributed by atoms with Crippen LogP contribution in [0.1, 0.15) is 25.0 Å². The lowest BCUT2D eigenvalue weighted by atomic mass is 9.94. The zero-order valence-corrected chi connectivity index (χ0v) is 12.2. The number of fused-ring (bicyclic) bond motifs is 3. The van der Waals surface area contributed by atoms with E-state index in [0.717, 1.165) is 11.1 Å². The van der Waals surface area contributed by atoms with E-state index in [4.69, 9.17) is 9.47 Å². The molecule has 0 spiro atoms. The highest BCUT2D eigenvalue weighted by Gasteiger charge is 2.89. The van der Waals surface area contributed by atoms with Crippen LogP contribution >= 0.6 is 0 Å². The number of benzene rings is 1. The van der Waals surface area contributed by atoms with E-state index in [2.05, 4.69) is 11.1 Å². The van der Waals surface area contributed by atoms with E-state index in [-0.39, 0.29) is 0 Å². The van der Waals surface area contributed by atoms with Crippen molar-refractivity contribution in [2.24, 2.45) is 15.8 Å².